The second kappa shape index (κ2) is 8.12. The standard InChI is InChI=1S/C20H21N3OS3/c1-25-15-8-6-14(7-9-15)19(24)22-10-12-23(13-11-22)20-21-18-16(26-2)4-3-5-17(18)27-20/h3-9H,10-13H2,1-2H3. The van der Waals surface area contributed by atoms with Gasteiger partial charge in [-0.25, -0.2) is 4.98 Å². The fourth-order valence-electron chi connectivity index (χ4n) is 3.23. The average molecular weight is 416 g/mol. The maximum atomic E-state index is 12.8. The summed E-state index contributed by atoms with van der Waals surface area (Å²) in [5.74, 6) is 0.122. The van der Waals surface area contributed by atoms with E-state index >= 15 is 0 Å². The summed E-state index contributed by atoms with van der Waals surface area (Å²) in [6, 6.07) is 14.2. The van der Waals surface area contributed by atoms with Gasteiger partial charge in [-0.1, -0.05) is 17.4 Å². The Morgan fingerprint density at radius 2 is 1.74 bits per heavy atom. The predicted octanol–water partition coefficient (Wildman–Crippen LogP) is 4.70. The van der Waals surface area contributed by atoms with Gasteiger partial charge in [-0.15, -0.1) is 23.5 Å². The summed E-state index contributed by atoms with van der Waals surface area (Å²) in [4.78, 5) is 24.3. The van der Waals surface area contributed by atoms with Crippen LogP contribution in [-0.2, 0) is 0 Å². The number of carbonyl (C=O) groups is 1. The zero-order valence-electron chi connectivity index (χ0n) is 15.3. The zero-order chi connectivity index (χ0) is 18.8. The average Bonchev–Trinajstić information content (AvgIpc) is 3.18. The number of rotatable bonds is 4. The van der Waals surface area contributed by atoms with Gasteiger partial charge in [0.05, 0.1) is 10.2 Å². The molecule has 7 heteroatoms. The van der Waals surface area contributed by atoms with Crippen LogP contribution in [0.15, 0.2) is 52.3 Å². The normalized spacial score (nSPS) is 14.7. The quantitative estimate of drug-likeness (QED) is 0.577. The van der Waals surface area contributed by atoms with Gasteiger partial charge < -0.3 is 9.80 Å². The van der Waals surface area contributed by atoms with Gasteiger partial charge in [-0.3, -0.25) is 4.79 Å². The largest absolute Gasteiger partial charge is 0.345 e. The van der Waals surface area contributed by atoms with Crippen molar-refractivity contribution in [3.63, 3.8) is 0 Å². The molecule has 2 heterocycles. The van der Waals surface area contributed by atoms with E-state index < -0.39 is 0 Å². The number of anilines is 1. The number of thioether (sulfide) groups is 2. The van der Waals surface area contributed by atoms with E-state index in [-0.39, 0.29) is 5.91 Å². The molecule has 0 bridgehead atoms. The van der Waals surface area contributed by atoms with E-state index in [1.54, 1.807) is 34.9 Å². The summed E-state index contributed by atoms with van der Waals surface area (Å²) in [6.07, 6.45) is 4.13. The second-order valence-corrected chi connectivity index (χ2v) is 9.05. The van der Waals surface area contributed by atoms with Crippen LogP contribution in [0.5, 0.6) is 0 Å². The van der Waals surface area contributed by atoms with E-state index in [0.717, 1.165) is 42.4 Å². The van der Waals surface area contributed by atoms with Gasteiger partial charge in [-0.2, -0.15) is 0 Å². The van der Waals surface area contributed by atoms with Crippen LogP contribution in [0.3, 0.4) is 0 Å². The molecule has 1 saturated heterocycles. The van der Waals surface area contributed by atoms with Crippen LogP contribution in [0.4, 0.5) is 5.13 Å². The van der Waals surface area contributed by atoms with E-state index in [2.05, 4.69) is 29.4 Å². The van der Waals surface area contributed by atoms with Crippen LogP contribution < -0.4 is 4.90 Å². The highest BCUT2D eigenvalue weighted by atomic mass is 32.2. The first kappa shape index (κ1) is 18.7. The SMILES string of the molecule is CSc1ccc(C(=O)N2CCN(c3nc4c(SC)cccc4s3)CC2)cc1. The van der Waals surface area contributed by atoms with Crippen LogP contribution in [0, 0.1) is 0 Å². The molecule has 3 aromatic rings. The third-order valence-electron chi connectivity index (χ3n) is 4.76. The molecular weight excluding hydrogens is 394 g/mol. The molecule has 0 unspecified atom stereocenters. The molecule has 1 aliphatic heterocycles. The van der Waals surface area contributed by atoms with Crippen molar-refractivity contribution < 1.29 is 4.79 Å². The summed E-state index contributed by atoms with van der Waals surface area (Å²) in [5.41, 5.74) is 1.86. The number of carbonyl (C=O) groups excluding carboxylic acids is 1. The number of fused-ring (bicyclic) bond motifs is 1. The Morgan fingerprint density at radius 1 is 1.00 bits per heavy atom. The first-order chi connectivity index (χ1) is 13.2. The van der Waals surface area contributed by atoms with Crippen LogP contribution >= 0.6 is 34.9 Å². The van der Waals surface area contributed by atoms with Crippen molar-refractivity contribution >= 4 is 56.1 Å². The van der Waals surface area contributed by atoms with Crippen molar-refractivity contribution in [3.8, 4) is 0 Å². The Hall–Kier alpha value is -1.70. The summed E-state index contributed by atoms with van der Waals surface area (Å²) < 4.78 is 1.23. The lowest BCUT2D eigenvalue weighted by Gasteiger charge is -2.34. The van der Waals surface area contributed by atoms with E-state index in [9.17, 15) is 4.79 Å². The lowest BCUT2D eigenvalue weighted by molar-refractivity contribution is 0.0746. The van der Waals surface area contributed by atoms with Crippen LogP contribution in [0.2, 0.25) is 0 Å². The lowest BCUT2D eigenvalue weighted by Crippen LogP contribution is -2.48. The molecule has 4 nitrogen and oxygen atoms in total. The van der Waals surface area contributed by atoms with E-state index in [4.69, 9.17) is 4.98 Å². The van der Waals surface area contributed by atoms with Crippen molar-refractivity contribution in [1.82, 2.24) is 9.88 Å². The Balaban J connectivity index is 1.44. The molecule has 0 atom stereocenters. The van der Waals surface area contributed by atoms with Gasteiger partial charge in [0.2, 0.25) is 0 Å². The minimum Gasteiger partial charge on any atom is -0.345 e. The molecule has 1 aromatic heterocycles. The zero-order valence-corrected chi connectivity index (χ0v) is 17.8. The maximum absolute atomic E-state index is 12.8. The smallest absolute Gasteiger partial charge is 0.253 e. The first-order valence-electron chi connectivity index (χ1n) is 8.81. The molecule has 0 aliphatic carbocycles. The van der Waals surface area contributed by atoms with Crippen LogP contribution in [0.25, 0.3) is 10.2 Å². The number of para-hydroxylation sites is 1. The number of aromatic nitrogens is 1. The van der Waals surface area contributed by atoms with Crippen molar-refractivity contribution in [1.29, 1.82) is 0 Å². The number of hydrogen-bond donors (Lipinski definition) is 0. The third-order valence-corrected chi connectivity index (χ3v) is 7.36. The number of amides is 1. The second-order valence-electron chi connectivity index (χ2n) is 6.31. The third kappa shape index (κ3) is 3.81. The van der Waals surface area contributed by atoms with Crippen molar-refractivity contribution in [3.05, 3.63) is 48.0 Å². The summed E-state index contributed by atoms with van der Waals surface area (Å²) >= 11 is 5.16. The number of piperazine rings is 1. The summed E-state index contributed by atoms with van der Waals surface area (Å²) in [6.45, 7) is 3.11. The number of benzene rings is 2. The molecule has 0 radical (unpaired) electrons. The predicted molar refractivity (Wildman–Crippen MR) is 118 cm³/mol. The number of thiazole rings is 1. The van der Waals surface area contributed by atoms with Gasteiger partial charge in [0.15, 0.2) is 5.13 Å². The van der Waals surface area contributed by atoms with Gasteiger partial charge in [0.1, 0.15) is 0 Å². The first-order valence-corrected chi connectivity index (χ1v) is 12.1. The molecule has 0 N–H and O–H groups in total. The van der Waals surface area contributed by atoms with Gasteiger partial charge >= 0.3 is 0 Å². The molecule has 0 saturated carbocycles. The molecule has 1 amide bonds. The molecule has 2 aromatic carbocycles. The Labute approximate surface area is 172 Å². The molecule has 1 aliphatic rings. The minimum absolute atomic E-state index is 0.122. The summed E-state index contributed by atoms with van der Waals surface area (Å²) in [5, 5.41) is 1.06. The topological polar surface area (TPSA) is 36.4 Å². The van der Waals surface area contributed by atoms with Gasteiger partial charge in [0, 0.05) is 41.5 Å². The highest BCUT2D eigenvalue weighted by molar-refractivity contribution is 7.99. The number of nitrogens with zero attached hydrogens (tertiary/aromatic N) is 3. The highest BCUT2D eigenvalue weighted by Crippen LogP contribution is 2.34. The fourth-order valence-corrected chi connectivity index (χ4v) is 5.31. The molecule has 140 valence electrons. The summed E-state index contributed by atoms with van der Waals surface area (Å²) in [7, 11) is 0. The lowest BCUT2D eigenvalue weighted by atomic mass is 10.2. The van der Waals surface area contributed by atoms with E-state index in [1.165, 1.54) is 14.5 Å². The molecule has 0 spiro atoms. The monoisotopic (exact) mass is 415 g/mol. The van der Waals surface area contributed by atoms with Crippen LogP contribution in [0.1, 0.15) is 10.4 Å². The highest BCUT2D eigenvalue weighted by Gasteiger charge is 2.24. The van der Waals surface area contributed by atoms with E-state index in [0.29, 0.717) is 0 Å². The maximum Gasteiger partial charge on any atom is 0.253 e. The van der Waals surface area contributed by atoms with Crippen molar-refractivity contribution in [2.24, 2.45) is 0 Å². The van der Waals surface area contributed by atoms with Crippen molar-refractivity contribution in [2.75, 3.05) is 43.6 Å². The molecule has 4 rings (SSSR count). The van der Waals surface area contributed by atoms with Crippen molar-refractivity contribution in [2.45, 2.75) is 9.79 Å². The minimum atomic E-state index is 0.122. The van der Waals surface area contributed by atoms with Gasteiger partial charge in [-0.05, 0) is 48.9 Å². The molecule has 27 heavy (non-hydrogen) atoms. The fraction of sp³-hybridized carbons (Fsp3) is 0.300. The van der Waals surface area contributed by atoms with Crippen LogP contribution in [-0.4, -0.2) is 54.5 Å². The molecular formula is C20H21N3OS3. The van der Waals surface area contributed by atoms with Gasteiger partial charge in [0.25, 0.3) is 5.91 Å². The number of hydrogen-bond acceptors (Lipinski definition) is 6. The molecule has 1 fully saturated rings. The van der Waals surface area contributed by atoms with E-state index in [1.807, 2.05) is 35.4 Å². The Morgan fingerprint density at radius 3 is 2.41 bits per heavy atom. The Bertz CT molecular complexity index is 947. The Kier molecular flexibility index (Phi) is 5.61.